The Morgan fingerprint density at radius 1 is 0.909 bits per heavy atom. The smallest absolute Gasteiger partial charge is 0.226 e. The zero-order valence-corrected chi connectivity index (χ0v) is 21.9. The lowest BCUT2D eigenvalue weighted by molar-refractivity contribution is -0.159. The van der Waals surface area contributed by atoms with E-state index in [1.807, 2.05) is 13.8 Å². The second-order valence-electron chi connectivity index (χ2n) is 11.9. The summed E-state index contributed by atoms with van der Waals surface area (Å²) in [4.78, 5) is 30.0. The number of sulfone groups is 1. The molecule has 1 saturated heterocycles. The van der Waals surface area contributed by atoms with Gasteiger partial charge in [-0.2, -0.15) is 0 Å². The van der Waals surface area contributed by atoms with Crippen molar-refractivity contribution in [3.8, 4) is 0 Å². The highest BCUT2D eigenvalue weighted by molar-refractivity contribution is 7.92. The molecule has 0 aromatic carbocycles. The van der Waals surface area contributed by atoms with Crippen molar-refractivity contribution in [1.82, 2.24) is 9.80 Å². The van der Waals surface area contributed by atoms with Gasteiger partial charge in [0.05, 0.1) is 23.1 Å². The molecule has 3 saturated carbocycles. The molecule has 0 aromatic heterocycles. The quantitative estimate of drug-likeness (QED) is 0.595. The summed E-state index contributed by atoms with van der Waals surface area (Å²) in [5, 5.41) is -0.173. The van der Waals surface area contributed by atoms with E-state index in [9.17, 15) is 18.0 Å². The highest BCUT2D eigenvalue weighted by Crippen LogP contribution is 2.44. The van der Waals surface area contributed by atoms with E-state index in [1.165, 1.54) is 0 Å². The van der Waals surface area contributed by atoms with E-state index in [0.717, 1.165) is 64.2 Å². The Morgan fingerprint density at radius 2 is 1.55 bits per heavy atom. The number of piperazine rings is 1. The van der Waals surface area contributed by atoms with Crippen molar-refractivity contribution >= 4 is 21.7 Å². The van der Waals surface area contributed by atoms with Gasteiger partial charge < -0.3 is 9.80 Å². The monoisotopic (exact) mass is 480 g/mol. The molecule has 6 nitrogen and oxygen atoms in total. The summed E-state index contributed by atoms with van der Waals surface area (Å²) >= 11 is 0. The maximum atomic E-state index is 13.3. The van der Waals surface area contributed by atoms with Gasteiger partial charge in [0.1, 0.15) is 0 Å². The first-order valence-electron chi connectivity index (χ1n) is 13.4. The van der Waals surface area contributed by atoms with Crippen molar-refractivity contribution in [2.45, 2.75) is 115 Å². The number of carbonyl (C=O) groups excluding carboxylic acids is 2. The molecule has 0 spiro atoms. The summed E-state index contributed by atoms with van der Waals surface area (Å²) in [6.45, 7) is 8.37. The standard InChI is InChI=1S/C26H44N2O4S/c1-17(2)16-33(31,32)23-11-8-20(9-12-23)22-10-13-24-25(14-22)27(26(30)21-6-5-7-21)15-18(3)28(24)19(4)29/h17-18,20-25H,5-16H2,1-4H3/t18-,20?,22?,23?,24?,25?/m0/s1. The van der Waals surface area contributed by atoms with Crippen LogP contribution in [0.1, 0.15) is 91.9 Å². The van der Waals surface area contributed by atoms with Crippen LogP contribution in [0.5, 0.6) is 0 Å². The minimum atomic E-state index is -3.00. The molecule has 0 bridgehead atoms. The van der Waals surface area contributed by atoms with E-state index < -0.39 is 9.84 Å². The van der Waals surface area contributed by atoms with Gasteiger partial charge >= 0.3 is 0 Å². The molecule has 3 unspecified atom stereocenters. The van der Waals surface area contributed by atoms with Crippen LogP contribution in [0.15, 0.2) is 0 Å². The number of hydrogen-bond donors (Lipinski definition) is 0. The summed E-state index contributed by atoms with van der Waals surface area (Å²) in [5.74, 6) is 2.18. The van der Waals surface area contributed by atoms with Gasteiger partial charge in [-0.15, -0.1) is 0 Å². The van der Waals surface area contributed by atoms with Crippen molar-refractivity contribution < 1.29 is 18.0 Å². The zero-order valence-electron chi connectivity index (χ0n) is 21.0. The first-order chi connectivity index (χ1) is 15.6. The van der Waals surface area contributed by atoms with Gasteiger partial charge in [-0.3, -0.25) is 9.59 Å². The molecule has 4 aliphatic rings. The molecule has 4 rings (SSSR count). The van der Waals surface area contributed by atoms with Crippen LogP contribution in [0.4, 0.5) is 0 Å². The molecule has 4 atom stereocenters. The molecule has 7 heteroatoms. The van der Waals surface area contributed by atoms with Crippen molar-refractivity contribution in [3.63, 3.8) is 0 Å². The van der Waals surface area contributed by atoms with E-state index in [0.29, 0.717) is 30.0 Å². The van der Waals surface area contributed by atoms with Crippen LogP contribution < -0.4 is 0 Å². The van der Waals surface area contributed by atoms with Gasteiger partial charge in [0.2, 0.25) is 11.8 Å². The van der Waals surface area contributed by atoms with Gasteiger partial charge in [-0.05, 0) is 82.5 Å². The SMILES string of the molecule is CC(=O)N1C2CCC(C3CCC(S(=O)(=O)CC(C)C)CC3)CC2N(C(=O)C2CCC2)C[C@@H]1C. The molecule has 2 amide bonds. The topological polar surface area (TPSA) is 74.8 Å². The first-order valence-corrected chi connectivity index (χ1v) is 15.1. The van der Waals surface area contributed by atoms with Crippen LogP contribution in [0.2, 0.25) is 0 Å². The molecule has 188 valence electrons. The van der Waals surface area contributed by atoms with Gasteiger partial charge in [0.15, 0.2) is 9.84 Å². The molecule has 3 aliphatic carbocycles. The van der Waals surface area contributed by atoms with E-state index in [4.69, 9.17) is 0 Å². The number of fused-ring (bicyclic) bond motifs is 1. The Kier molecular flexibility index (Phi) is 7.47. The molecule has 4 fully saturated rings. The molecule has 1 heterocycles. The minimum Gasteiger partial charge on any atom is -0.335 e. The largest absolute Gasteiger partial charge is 0.335 e. The van der Waals surface area contributed by atoms with Crippen molar-refractivity contribution in [2.24, 2.45) is 23.7 Å². The Balaban J connectivity index is 1.44. The lowest BCUT2D eigenvalue weighted by Gasteiger charge is -2.55. The normalized spacial score (nSPS) is 35.8. The number of hydrogen-bond acceptors (Lipinski definition) is 4. The van der Waals surface area contributed by atoms with Gasteiger partial charge in [0, 0.05) is 25.4 Å². The molecule has 0 N–H and O–H groups in total. The van der Waals surface area contributed by atoms with Crippen LogP contribution in [0.25, 0.3) is 0 Å². The van der Waals surface area contributed by atoms with E-state index in [-0.39, 0.29) is 41.1 Å². The summed E-state index contributed by atoms with van der Waals surface area (Å²) < 4.78 is 25.5. The maximum absolute atomic E-state index is 13.3. The van der Waals surface area contributed by atoms with Gasteiger partial charge in [-0.25, -0.2) is 8.42 Å². The fourth-order valence-electron chi connectivity index (χ4n) is 7.29. The maximum Gasteiger partial charge on any atom is 0.226 e. The highest BCUT2D eigenvalue weighted by atomic mass is 32.2. The van der Waals surface area contributed by atoms with Crippen LogP contribution in [-0.4, -0.2) is 65.7 Å². The molecule has 0 radical (unpaired) electrons. The van der Waals surface area contributed by atoms with Gasteiger partial charge in [0.25, 0.3) is 0 Å². The Hall–Kier alpha value is -1.11. The molecular formula is C26H44N2O4S. The first kappa shape index (κ1) is 25.0. The average Bonchev–Trinajstić information content (AvgIpc) is 2.70. The molecular weight excluding hydrogens is 436 g/mol. The van der Waals surface area contributed by atoms with Crippen molar-refractivity contribution in [1.29, 1.82) is 0 Å². The third-order valence-corrected chi connectivity index (χ3v) is 11.7. The Labute approximate surface area is 200 Å². The average molecular weight is 481 g/mol. The minimum absolute atomic E-state index is 0.0749. The molecule has 33 heavy (non-hydrogen) atoms. The van der Waals surface area contributed by atoms with Crippen molar-refractivity contribution in [3.05, 3.63) is 0 Å². The number of rotatable bonds is 5. The lowest BCUT2D eigenvalue weighted by atomic mass is 9.69. The molecule has 0 aromatic rings. The van der Waals surface area contributed by atoms with Crippen LogP contribution >= 0.6 is 0 Å². The summed E-state index contributed by atoms with van der Waals surface area (Å²) in [6, 6.07) is 0.333. The third-order valence-electron chi connectivity index (χ3n) is 9.08. The zero-order chi connectivity index (χ0) is 23.9. The molecule has 1 aliphatic heterocycles. The summed E-state index contributed by atoms with van der Waals surface area (Å²) in [6.07, 6.45) is 9.70. The number of nitrogens with zero attached hydrogens (tertiary/aromatic N) is 2. The third kappa shape index (κ3) is 5.13. The fourth-order valence-corrected chi connectivity index (χ4v) is 9.48. The van der Waals surface area contributed by atoms with Gasteiger partial charge in [-0.1, -0.05) is 20.3 Å². The van der Waals surface area contributed by atoms with E-state index in [2.05, 4.69) is 16.7 Å². The fraction of sp³-hybridized carbons (Fsp3) is 0.923. The highest BCUT2D eigenvalue weighted by Gasteiger charge is 2.49. The van der Waals surface area contributed by atoms with Crippen LogP contribution in [0.3, 0.4) is 0 Å². The predicted molar refractivity (Wildman–Crippen MR) is 130 cm³/mol. The van der Waals surface area contributed by atoms with Crippen LogP contribution in [0, 0.1) is 23.7 Å². The number of carbonyl (C=O) groups is 2. The Morgan fingerprint density at radius 3 is 2.09 bits per heavy atom. The van der Waals surface area contributed by atoms with Crippen LogP contribution in [-0.2, 0) is 19.4 Å². The predicted octanol–water partition coefficient (Wildman–Crippen LogP) is 4.03. The lowest BCUT2D eigenvalue weighted by Crippen LogP contribution is -2.67. The summed E-state index contributed by atoms with van der Waals surface area (Å²) in [5.41, 5.74) is 0. The second kappa shape index (κ2) is 9.87. The summed E-state index contributed by atoms with van der Waals surface area (Å²) in [7, 11) is -3.00. The van der Waals surface area contributed by atoms with E-state index >= 15 is 0 Å². The second-order valence-corrected chi connectivity index (χ2v) is 14.2. The Bertz CT molecular complexity index is 829. The number of amides is 2. The van der Waals surface area contributed by atoms with Crippen molar-refractivity contribution in [2.75, 3.05) is 12.3 Å². The van der Waals surface area contributed by atoms with E-state index in [1.54, 1.807) is 6.92 Å².